The van der Waals surface area contributed by atoms with Crippen LogP contribution in [0.4, 0.5) is 0 Å². The number of carbonyl (C=O) groups is 1. The third-order valence-corrected chi connectivity index (χ3v) is 3.67. The highest BCUT2D eigenvalue weighted by atomic mass is 79.9. The molecule has 108 valence electrons. The van der Waals surface area contributed by atoms with E-state index in [9.17, 15) is 4.79 Å². The van der Waals surface area contributed by atoms with Gasteiger partial charge in [-0.05, 0) is 24.6 Å². The molecule has 0 radical (unpaired) electrons. The van der Waals surface area contributed by atoms with Crippen LogP contribution < -0.4 is 5.32 Å². The number of fused-ring (bicyclic) bond motifs is 1. The molecule has 1 aromatic carbocycles. The number of hydrogen-bond donors (Lipinski definition) is 2. The molecule has 0 fully saturated rings. The van der Waals surface area contributed by atoms with Crippen molar-refractivity contribution in [2.24, 2.45) is 0 Å². The second kappa shape index (κ2) is 6.09. The largest absolute Gasteiger partial charge is 0.351 e. The summed E-state index contributed by atoms with van der Waals surface area (Å²) in [5.41, 5.74) is 1.27. The van der Waals surface area contributed by atoms with Crippen molar-refractivity contribution >= 4 is 32.7 Å². The van der Waals surface area contributed by atoms with Crippen molar-refractivity contribution in [3.05, 3.63) is 47.1 Å². The van der Waals surface area contributed by atoms with E-state index >= 15 is 0 Å². The van der Waals surface area contributed by atoms with Gasteiger partial charge < -0.3 is 9.88 Å². The Bertz CT molecular complexity index is 750. The molecular formula is C14H14BrN5O. The number of carbonyl (C=O) groups excluding carboxylic acids is 1. The Morgan fingerprint density at radius 1 is 1.43 bits per heavy atom. The third-order valence-electron chi connectivity index (χ3n) is 3.18. The highest BCUT2D eigenvalue weighted by molar-refractivity contribution is 9.10. The van der Waals surface area contributed by atoms with E-state index in [0.717, 1.165) is 28.3 Å². The van der Waals surface area contributed by atoms with Gasteiger partial charge in [-0.3, -0.25) is 9.89 Å². The van der Waals surface area contributed by atoms with E-state index in [-0.39, 0.29) is 5.91 Å². The Kier molecular flexibility index (Phi) is 4.01. The van der Waals surface area contributed by atoms with E-state index in [1.165, 1.54) is 0 Å². The SMILES string of the molecule is O=C(NCCCn1ccnc1)c1n[nH]c2ccc(Br)cc12. The first-order valence-corrected chi connectivity index (χ1v) is 7.41. The number of amides is 1. The monoisotopic (exact) mass is 347 g/mol. The van der Waals surface area contributed by atoms with Crippen LogP contribution >= 0.6 is 15.9 Å². The van der Waals surface area contributed by atoms with Gasteiger partial charge in [0, 0.05) is 35.3 Å². The van der Waals surface area contributed by atoms with Gasteiger partial charge in [-0.25, -0.2) is 4.98 Å². The van der Waals surface area contributed by atoms with Crippen molar-refractivity contribution in [1.29, 1.82) is 0 Å². The van der Waals surface area contributed by atoms with Gasteiger partial charge in [0.1, 0.15) is 0 Å². The zero-order chi connectivity index (χ0) is 14.7. The second-order valence-corrected chi connectivity index (χ2v) is 5.59. The Morgan fingerprint density at radius 2 is 2.33 bits per heavy atom. The summed E-state index contributed by atoms with van der Waals surface area (Å²) in [7, 11) is 0. The summed E-state index contributed by atoms with van der Waals surface area (Å²) in [6.45, 7) is 1.42. The van der Waals surface area contributed by atoms with Crippen LogP contribution in [0.25, 0.3) is 10.9 Å². The lowest BCUT2D eigenvalue weighted by atomic mass is 10.2. The number of aromatic nitrogens is 4. The molecule has 3 rings (SSSR count). The van der Waals surface area contributed by atoms with Crippen LogP contribution in [-0.2, 0) is 6.54 Å². The number of hydrogen-bond acceptors (Lipinski definition) is 3. The summed E-state index contributed by atoms with van der Waals surface area (Å²) in [5.74, 6) is -0.162. The summed E-state index contributed by atoms with van der Waals surface area (Å²) in [6.07, 6.45) is 6.25. The highest BCUT2D eigenvalue weighted by Gasteiger charge is 2.13. The zero-order valence-corrected chi connectivity index (χ0v) is 12.8. The molecule has 0 spiro atoms. The second-order valence-electron chi connectivity index (χ2n) is 4.67. The van der Waals surface area contributed by atoms with Gasteiger partial charge in [0.05, 0.1) is 11.8 Å². The fourth-order valence-corrected chi connectivity index (χ4v) is 2.49. The summed E-state index contributed by atoms with van der Waals surface area (Å²) in [4.78, 5) is 16.1. The molecular weight excluding hydrogens is 334 g/mol. The van der Waals surface area contributed by atoms with Crippen LogP contribution in [0.5, 0.6) is 0 Å². The van der Waals surface area contributed by atoms with Gasteiger partial charge >= 0.3 is 0 Å². The first kappa shape index (κ1) is 13.8. The van der Waals surface area contributed by atoms with E-state index in [4.69, 9.17) is 0 Å². The van der Waals surface area contributed by atoms with Crippen LogP contribution in [0.3, 0.4) is 0 Å². The van der Waals surface area contributed by atoms with Crippen molar-refractivity contribution in [2.75, 3.05) is 6.54 Å². The van der Waals surface area contributed by atoms with Crippen LogP contribution in [0.15, 0.2) is 41.4 Å². The molecule has 7 heteroatoms. The number of rotatable bonds is 5. The number of imidazole rings is 1. The van der Waals surface area contributed by atoms with Gasteiger partial charge in [0.15, 0.2) is 5.69 Å². The first-order chi connectivity index (χ1) is 10.2. The fraction of sp³-hybridized carbons (Fsp3) is 0.214. The summed E-state index contributed by atoms with van der Waals surface area (Å²) >= 11 is 3.40. The summed E-state index contributed by atoms with van der Waals surface area (Å²) in [5, 5.41) is 10.7. The number of benzene rings is 1. The van der Waals surface area contributed by atoms with Crippen molar-refractivity contribution in [2.45, 2.75) is 13.0 Å². The van der Waals surface area contributed by atoms with Gasteiger partial charge in [-0.15, -0.1) is 0 Å². The lowest BCUT2D eigenvalue weighted by molar-refractivity contribution is 0.0949. The lowest BCUT2D eigenvalue weighted by Crippen LogP contribution is -2.25. The van der Waals surface area contributed by atoms with Gasteiger partial charge in [0.25, 0.3) is 5.91 Å². The zero-order valence-electron chi connectivity index (χ0n) is 11.2. The average molecular weight is 348 g/mol. The predicted octanol–water partition coefficient (Wildman–Crippen LogP) is 2.34. The van der Waals surface area contributed by atoms with Crippen molar-refractivity contribution in [1.82, 2.24) is 25.1 Å². The van der Waals surface area contributed by atoms with E-state index in [1.807, 2.05) is 29.0 Å². The number of nitrogens with one attached hydrogen (secondary N) is 2. The molecule has 0 saturated heterocycles. The van der Waals surface area contributed by atoms with E-state index < -0.39 is 0 Å². The van der Waals surface area contributed by atoms with Crippen molar-refractivity contribution in [3.8, 4) is 0 Å². The van der Waals surface area contributed by atoms with Crippen LogP contribution in [0.1, 0.15) is 16.9 Å². The highest BCUT2D eigenvalue weighted by Crippen LogP contribution is 2.20. The molecule has 2 aromatic heterocycles. The maximum atomic E-state index is 12.2. The molecule has 0 aliphatic rings. The van der Waals surface area contributed by atoms with Crippen LogP contribution in [0, 0.1) is 0 Å². The standard InChI is InChI=1S/C14H14BrN5O/c15-10-2-3-12-11(8-10)13(19-18-12)14(21)17-4-1-6-20-7-5-16-9-20/h2-3,5,7-9H,1,4,6H2,(H,17,21)(H,18,19). The lowest BCUT2D eigenvalue weighted by Gasteiger charge is -2.04. The smallest absolute Gasteiger partial charge is 0.272 e. The minimum absolute atomic E-state index is 0.162. The van der Waals surface area contributed by atoms with Crippen LogP contribution in [-0.4, -0.2) is 32.2 Å². The predicted molar refractivity (Wildman–Crippen MR) is 83.0 cm³/mol. The molecule has 1 amide bonds. The number of halogens is 1. The molecule has 0 atom stereocenters. The quantitative estimate of drug-likeness (QED) is 0.695. The Morgan fingerprint density at radius 3 is 3.14 bits per heavy atom. The molecule has 3 aromatic rings. The summed E-state index contributed by atoms with van der Waals surface area (Å²) < 4.78 is 2.90. The molecule has 0 saturated carbocycles. The number of aromatic amines is 1. The van der Waals surface area contributed by atoms with E-state index in [0.29, 0.717) is 12.2 Å². The minimum Gasteiger partial charge on any atom is -0.351 e. The van der Waals surface area contributed by atoms with Gasteiger partial charge in [-0.1, -0.05) is 15.9 Å². The minimum atomic E-state index is -0.162. The Labute approximate surface area is 129 Å². The number of H-pyrrole nitrogens is 1. The molecule has 21 heavy (non-hydrogen) atoms. The first-order valence-electron chi connectivity index (χ1n) is 6.61. The maximum Gasteiger partial charge on any atom is 0.272 e. The molecule has 6 nitrogen and oxygen atoms in total. The summed E-state index contributed by atoms with van der Waals surface area (Å²) in [6, 6.07) is 5.69. The maximum absolute atomic E-state index is 12.2. The Hall–Kier alpha value is -2.15. The molecule has 0 bridgehead atoms. The topological polar surface area (TPSA) is 75.6 Å². The van der Waals surface area contributed by atoms with Gasteiger partial charge in [0.2, 0.25) is 0 Å². The van der Waals surface area contributed by atoms with Crippen molar-refractivity contribution < 1.29 is 4.79 Å². The van der Waals surface area contributed by atoms with E-state index in [1.54, 1.807) is 12.5 Å². The average Bonchev–Trinajstić information content (AvgIpc) is 3.12. The third kappa shape index (κ3) is 3.13. The molecule has 2 heterocycles. The fourth-order valence-electron chi connectivity index (χ4n) is 2.13. The van der Waals surface area contributed by atoms with Crippen molar-refractivity contribution in [3.63, 3.8) is 0 Å². The molecule has 0 unspecified atom stereocenters. The molecule has 0 aliphatic heterocycles. The van der Waals surface area contributed by atoms with Crippen LogP contribution in [0.2, 0.25) is 0 Å². The van der Waals surface area contributed by atoms with E-state index in [2.05, 4.69) is 36.4 Å². The number of aryl methyl sites for hydroxylation is 1. The Balaban J connectivity index is 1.60. The van der Waals surface area contributed by atoms with Gasteiger partial charge in [-0.2, -0.15) is 5.10 Å². The molecule has 2 N–H and O–H groups in total. The normalized spacial score (nSPS) is 10.9. The molecule has 0 aliphatic carbocycles. The number of nitrogens with zero attached hydrogens (tertiary/aromatic N) is 3.